The second-order valence-electron chi connectivity index (χ2n) is 16.9. The van der Waals surface area contributed by atoms with Crippen molar-refractivity contribution in [3.63, 3.8) is 0 Å². The standard InChI is InChI=1S/C58H44FN/c1-57(2)52-22-12-9-20-48(52)50-35-33-45(37-54(50)57)60(56-24-14-11-19-47(56)41-17-7-4-8-18-41)46-34-36-51-49-21-10-13-23-53(49)58(55(51)38-46,43-29-31-44(59)32-30-43)42-27-25-40(26-28-42)39-15-5-3-6-16-39/h3-25,27,29-38H,26,28H2,1-2H3. The Hall–Kier alpha value is -7.03. The summed E-state index contributed by atoms with van der Waals surface area (Å²) < 4.78 is 14.9. The monoisotopic (exact) mass is 773 g/mol. The van der Waals surface area contributed by atoms with E-state index in [9.17, 15) is 4.39 Å². The highest BCUT2D eigenvalue weighted by Crippen LogP contribution is 2.59. The molecule has 1 nitrogen and oxygen atoms in total. The topological polar surface area (TPSA) is 3.24 Å². The smallest absolute Gasteiger partial charge is 0.123 e. The average molecular weight is 774 g/mol. The zero-order valence-corrected chi connectivity index (χ0v) is 33.9. The van der Waals surface area contributed by atoms with Crippen molar-refractivity contribution in [3.8, 4) is 33.4 Å². The summed E-state index contributed by atoms with van der Waals surface area (Å²) in [6.07, 6.45) is 6.46. The van der Waals surface area contributed by atoms with E-state index in [1.165, 1.54) is 61.2 Å². The molecule has 3 aliphatic rings. The molecule has 0 aromatic heterocycles. The highest BCUT2D eigenvalue weighted by atomic mass is 19.1. The molecular formula is C58H44FN. The third-order valence-electron chi connectivity index (χ3n) is 13.4. The minimum Gasteiger partial charge on any atom is -0.310 e. The molecule has 11 rings (SSSR count). The fraction of sp³-hybridized carbons (Fsp3) is 0.103. The van der Waals surface area contributed by atoms with Crippen molar-refractivity contribution in [2.45, 2.75) is 37.5 Å². The second-order valence-corrected chi connectivity index (χ2v) is 16.9. The third-order valence-corrected chi connectivity index (χ3v) is 13.4. The molecule has 60 heavy (non-hydrogen) atoms. The summed E-state index contributed by atoms with van der Waals surface area (Å²) in [7, 11) is 0. The Bertz CT molecular complexity index is 3010. The van der Waals surface area contributed by atoms with E-state index in [-0.39, 0.29) is 11.2 Å². The summed E-state index contributed by atoms with van der Waals surface area (Å²) in [4.78, 5) is 2.46. The largest absolute Gasteiger partial charge is 0.310 e. The van der Waals surface area contributed by atoms with E-state index < -0.39 is 5.41 Å². The lowest BCUT2D eigenvalue weighted by atomic mass is 9.65. The molecule has 0 saturated heterocycles. The van der Waals surface area contributed by atoms with Crippen LogP contribution >= 0.6 is 0 Å². The van der Waals surface area contributed by atoms with Crippen molar-refractivity contribution in [3.05, 3.63) is 251 Å². The van der Waals surface area contributed by atoms with Crippen LogP contribution in [0.25, 0.3) is 39.0 Å². The number of para-hydroxylation sites is 1. The lowest BCUT2D eigenvalue weighted by Gasteiger charge is -2.38. The third kappa shape index (κ3) is 5.51. The first kappa shape index (κ1) is 36.1. The highest BCUT2D eigenvalue weighted by Gasteiger charge is 2.48. The van der Waals surface area contributed by atoms with Gasteiger partial charge in [0, 0.05) is 22.4 Å². The molecule has 8 aromatic rings. The van der Waals surface area contributed by atoms with Gasteiger partial charge in [-0.05, 0) is 122 Å². The number of allylic oxidation sites excluding steroid dienone is 4. The molecule has 3 aliphatic carbocycles. The first-order valence-corrected chi connectivity index (χ1v) is 21.1. The van der Waals surface area contributed by atoms with Crippen LogP contribution in [-0.4, -0.2) is 0 Å². The van der Waals surface area contributed by atoms with E-state index in [1.807, 2.05) is 12.1 Å². The Morgan fingerprint density at radius 3 is 1.63 bits per heavy atom. The summed E-state index contributed by atoms with van der Waals surface area (Å²) in [5.41, 5.74) is 19.9. The molecular weight excluding hydrogens is 730 g/mol. The Labute approximate surface area is 352 Å². The normalized spacial score (nSPS) is 16.9. The average Bonchev–Trinajstić information content (AvgIpc) is 3.72. The highest BCUT2D eigenvalue weighted by molar-refractivity contribution is 5.94. The van der Waals surface area contributed by atoms with Gasteiger partial charge in [0.05, 0.1) is 11.1 Å². The Kier molecular flexibility index (Phi) is 8.46. The van der Waals surface area contributed by atoms with Crippen LogP contribution in [0, 0.1) is 5.82 Å². The molecule has 0 heterocycles. The Morgan fingerprint density at radius 2 is 0.967 bits per heavy atom. The lowest BCUT2D eigenvalue weighted by Crippen LogP contribution is -2.30. The van der Waals surface area contributed by atoms with Gasteiger partial charge < -0.3 is 4.90 Å². The predicted molar refractivity (Wildman–Crippen MR) is 248 cm³/mol. The van der Waals surface area contributed by atoms with Crippen LogP contribution in [0.2, 0.25) is 0 Å². The summed E-state index contributed by atoms with van der Waals surface area (Å²) in [6.45, 7) is 4.70. The molecule has 0 bridgehead atoms. The van der Waals surface area contributed by atoms with Crippen LogP contribution in [0.15, 0.2) is 212 Å². The van der Waals surface area contributed by atoms with Gasteiger partial charge >= 0.3 is 0 Å². The van der Waals surface area contributed by atoms with Crippen molar-refractivity contribution in [2.24, 2.45) is 0 Å². The number of rotatable bonds is 7. The van der Waals surface area contributed by atoms with Crippen LogP contribution in [0.4, 0.5) is 21.5 Å². The number of hydrogen-bond acceptors (Lipinski definition) is 1. The van der Waals surface area contributed by atoms with Crippen molar-refractivity contribution in [1.29, 1.82) is 0 Å². The van der Waals surface area contributed by atoms with Crippen LogP contribution < -0.4 is 4.90 Å². The molecule has 2 heteroatoms. The lowest BCUT2D eigenvalue weighted by molar-refractivity contribution is 0.623. The second kappa shape index (κ2) is 14.1. The van der Waals surface area contributed by atoms with Crippen LogP contribution in [0.3, 0.4) is 0 Å². The predicted octanol–water partition coefficient (Wildman–Crippen LogP) is 15.4. The van der Waals surface area contributed by atoms with Gasteiger partial charge in [-0.2, -0.15) is 0 Å². The molecule has 1 atom stereocenters. The van der Waals surface area contributed by atoms with Crippen LogP contribution in [0.5, 0.6) is 0 Å². The van der Waals surface area contributed by atoms with E-state index >= 15 is 0 Å². The number of nitrogens with zero attached hydrogens (tertiary/aromatic N) is 1. The first-order valence-electron chi connectivity index (χ1n) is 21.1. The van der Waals surface area contributed by atoms with E-state index in [2.05, 4.69) is 201 Å². The summed E-state index contributed by atoms with van der Waals surface area (Å²) in [5.74, 6) is -0.233. The van der Waals surface area contributed by atoms with Gasteiger partial charge in [0.2, 0.25) is 0 Å². The van der Waals surface area contributed by atoms with Crippen molar-refractivity contribution < 1.29 is 4.39 Å². The number of halogens is 1. The summed E-state index contributed by atoms with van der Waals surface area (Å²) in [6, 6.07) is 69.3. The van der Waals surface area contributed by atoms with E-state index in [4.69, 9.17) is 0 Å². The minimum atomic E-state index is -0.638. The van der Waals surface area contributed by atoms with Gasteiger partial charge in [0.15, 0.2) is 0 Å². The molecule has 0 saturated carbocycles. The fourth-order valence-corrected chi connectivity index (χ4v) is 10.6. The van der Waals surface area contributed by atoms with Gasteiger partial charge in [-0.3, -0.25) is 0 Å². The van der Waals surface area contributed by atoms with E-state index in [1.54, 1.807) is 12.1 Å². The van der Waals surface area contributed by atoms with Crippen molar-refractivity contribution in [2.75, 3.05) is 4.90 Å². The Morgan fingerprint density at radius 1 is 0.433 bits per heavy atom. The maximum absolute atomic E-state index is 14.9. The van der Waals surface area contributed by atoms with Gasteiger partial charge in [-0.25, -0.2) is 4.39 Å². The van der Waals surface area contributed by atoms with E-state index in [0.717, 1.165) is 46.6 Å². The first-order chi connectivity index (χ1) is 29.4. The SMILES string of the molecule is CC1(C)c2ccccc2-c2ccc(N(c3ccc4c(c3)C(C3=CC=C(c5ccccc5)CC3)(c3ccc(F)cc3)c3ccccc3-4)c3ccccc3-c3ccccc3)cc21. The van der Waals surface area contributed by atoms with Gasteiger partial charge in [-0.1, -0.05) is 183 Å². The molecule has 0 aliphatic heterocycles. The molecule has 1 unspecified atom stereocenters. The molecule has 0 radical (unpaired) electrons. The number of hydrogen-bond donors (Lipinski definition) is 0. The Balaban J connectivity index is 1.17. The van der Waals surface area contributed by atoms with Crippen molar-refractivity contribution >= 4 is 22.6 Å². The molecule has 0 amide bonds. The number of fused-ring (bicyclic) bond motifs is 6. The number of benzene rings is 8. The molecule has 288 valence electrons. The molecule has 8 aromatic carbocycles. The fourth-order valence-electron chi connectivity index (χ4n) is 10.6. The van der Waals surface area contributed by atoms with Crippen LogP contribution in [0.1, 0.15) is 60.1 Å². The molecule has 0 spiro atoms. The number of anilines is 3. The van der Waals surface area contributed by atoms with Gasteiger partial charge in [-0.15, -0.1) is 0 Å². The summed E-state index contributed by atoms with van der Waals surface area (Å²) in [5, 5.41) is 0. The molecule has 0 N–H and O–H groups in total. The molecule has 0 fully saturated rings. The maximum Gasteiger partial charge on any atom is 0.123 e. The van der Waals surface area contributed by atoms with Gasteiger partial charge in [0.25, 0.3) is 0 Å². The quantitative estimate of drug-likeness (QED) is 0.156. The zero-order chi connectivity index (χ0) is 40.4. The van der Waals surface area contributed by atoms with Crippen molar-refractivity contribution in [1.82, 2.24) is 0 Å². The summed E-state index contributed by atoms with van der Waals surface area (Å²) >= 11 is 0. The minimum absolute atomic E-state index is 0.163. The van der Waals surface area contributed by atoms with Gasteiger partial charge in [0.1, 0.15) is 5.82 Å². The van der Waals surface area contributed by atoms with E-state index in [0.29, 0.717) is 0 Å². The van der Waals surface area contributed by atoms with Crippen LogP contribution in [-0.2, 0) is 10.8 Å². The maximum atomic E-state index is 14.9. The zero-order valence-electron chi connectivity index (χ0n) is 33.9.